The van der Waals surface area contributed by atoms with Crippen LogP contribution in [0.15, 0.2) is 0 Å². The van der Waals surface area contributed by atoms with Gasteiger partial charge in [-0.2, -0.15) is 0 Å². The largest absolute Gasteiger partial charge is 0.390 e. The predicted molar refractivity (Wildman–Crippen MR) is 44.4 cm³/mol. The first-order valence-corrected chi connectivity index (χ1v) is 5.13. The zero-order chi connectivity index (χ0) is 8.29. The van der Waals surface area contributed by atoms with Crippen molar-refractivity contribution >= 4 is 0 Å². The van der Waals surface area contributed by atoms with Gasteiger partial charge in [-0.3, -0.25) is 0 Å². The smallest absolute Gasteiger partial charge is 0.0832 e. The number of hydrogen-bond donors (Lipinski definition) is 2. The van der Waals surface area contributed by atoms with Crippen LogP contribution in [-0.4, -0.2) is 22.4 Å². The number of fused-ring (bicyclic) bond motifs is 5. The average Bonchev–Trinajstić information content (AvgIpc) is 2.66. The van der Waals surface area contributed by atoms with E-state index in [2.05, 4.69) is 0 Å². The van der Waals surface area contributed by atoms with Crippen molar-refractivity contribution in [3.63, 3.8) is 0 Å². The Morgan fingerprint density at radius 3 is 2.42 bits per heavy atom. The van der Waals surface area contributed by atoms with E-state index in [0.717, 1.165) is 18.3 Å². The Morgan fingerprint density at radius 2 is 1.67 bits per heavy atom. The highest BCUT2D eigenvalue weighted by Gasteiger charge is 2.55. The number of rotatable bonds is 0. The van der Waals surface area contributed by atoms with Crippen molar-refractivity contribution < 1.29 is 10.2 Å². The minimum atomic E-state index is -0.414. The third-order valence-electron chi connectivity index (χ3n) is 4.46. The van der Waals surface area contributed by atoms with E-state index in [4.69, 9.17) is 0 Å². The summed E-state index contributed by atoms with van der Waals surface area (Å²) in [5.41, 5.74) is 0. The van der Waals surface area contributed by atoms with Gasteiger partial charge in [0.05, 0.1) is 12.2 Å². The molecular formula is C10H16O2. The lowest BCUT2D eigenvalue weighted by atomic mass is 9.81. The highest BCUT2D eigenvalue weighted by molar-refractivity contribution is 5.05. The average molecular weight is 168 g/mol. The van der Waals surface area contributed by atoms with Crippen molar-refractivity contribution in [2.24, 2.45) is 23.7 Å². The first kappa shape index (κ1) is 7.34. The maximum absolute atomic E-state index is 9.74. The Morgan fingerprint density at radius 1 is 0.917 bits per heavy atom. The zero-order valence-electron chi connectivity index (χ0n) is 7.19. The van der Waals surface area contributed by atoms with Gasteiger partial charge < -0.3 is 10.2 Å². The second-order valence-corrected chi connectivity index (χ2v) is 4.87. The molecule has 12 heavy (non-hydrogen) atoms. The molecule has 3 aliphatic rings. The molecule has 3 aliphatic carbocycles. The standard InChI is InChI=1S/C10H16O2/c11-8-4-7-5-1-2-6(3-5)9(7)10(8)12/h5-12H,1-4H2/t5-,6-,7+,8+,9+,10+/m0/s1. The van der Waals surface area contributed by atoms with Gasteiger partial charge in [-0.15, -0.1) is 0 Å². The molecule has 6 atom stereocenters. The van der Waals surface area contributed by atoms with Crippen LogP contribution < -0.4 is 0 Å². The molecule has 2 heteroatoms. The molecule has 2 bridgehead atoms. The quantitative estimate of drug-likeness (QED) is 0.561. The summed E-state index contributed by atoms with van der Waals surface area (Å²) in [6, 6.07) is 0. The summed E-state index contributed by atoms with van der Waals surface area (Å²) >= 11 is 0. The van der Waals surface area contributed by atoms with Gasteiger partial charge in [-0.1, -0.05) is 0 Å². The van der Waals surface area contributed by atoms with Crippen LogP contribution in [0.3, 0.4) is 0 Å². The normalized spacial score (nSPS) is 62.5. The number of aliphatic hydroxyl groups excluding tert-OH is 2. The van der Waals surface area contributed by atoms with Gasteiger partial charge in [-0.05, 0) is 49.4 Å². The molecule has 0 aromatic carbocycles. The molecule has 68 valence electrons. The van der Waals surface area contributed by atoms with Crippen LogP contribution in [-0.2, 0) is 0 Å². The van der Waals surface area contributed by atoms with Gasteiger partial charge >= 0.3 is 0 Å². The van der Waals surface area contributed by atoms with Gasteiger partial charge in [-0.25, -0.2) is 0 Å². The Hall–Kier alpha value is -0.0800. The van der Waals surface area contributed by atoms with Crippen molar-refractivity contribution in [2.75, 3.05) is 0 Å². The molecule has 0 aromatic rings. The maximum Gasteiger partial charge on any atom is 0.0832 e. The van der Waals surface area contributed by atoms with E-state index >= 15 is 0 Å². The lowest BCUT2D eigenvalue weighted by Crippen LogP contribution is -2.29. The fourth-order valence-electron chi connectivity index (χ4n) is 4.01. The fraction of sp³-hybridized carbons (Fsp3) is 1.00. The molecule has 0 unspecified atom stereocenters. The summed E-state index contributed by atoms with van der Waals surface area (Å²) < 4.78 is 0. The maximum atomic E-state index is 9.74. The van der Waals surface area contributed by atoms with Gasteiger partial charge in [0, 0.05) is 0 Å². The lowest BCUT2D eigenvalue weighted by molar-refractivity contribution is 0.00654. The minimum Gasteiger partial charge on any atom is -0.390 e. The number of hydrogen-bond acceptors (Lipinski definition) is 2. The molecule has 2 N–H and O–H groups in total. The first-order chi connectivity index (χ1) is 5.77. The van der Waals surface area contributed by atoms with E-state index in [0.29, 0.717) is 11.8 Å². The summed E-state index contributed by atoms with van der Waals surface area (Å²) in [4.78, 5) is 0. The third-order valence-corrected chi connectivity index (χ3v) is 4.46. The van der Waals surface area contributed by atoms with Crippen LogP contribution in [0.1, 0.15) is 25.7 Å². The van der Waals surface area contributed by atoms with E-state index in [1.165, 1.54) is 19.3 Å². The molecular weight excluding hydrogens is 152 g/mol. The highest BCUT2D eigenvalue weighted by Crippen LogP contribution is 2.58. The topological polar surface area (TPSA) is 40.5 Å². The zero-order valence-corrected chi connectivity index (χ0v) is 7.19. The number of aliphatic hydroxyl groups is 2. The Balaban J connectivity index is 1.90. The van der Waals surface area contributed by atoms with Crippen LogP contribution in [0, 0.1) is 23.7 Å². The van der Waals surface area contributed by atoms with Crippen molar-refractivity contribution in [1.29, 1.82) is 0 Å². The van der Waals surface area contributed by atoms with Crippen molar-refractivity contribution in [2.45, 2.75) is 37.9 Å². The van der Waals surface area contributed by atoms with Crippen LogP contribution >= 0.6 is 0 Å². The van der Waals surface area contributed by atoms with Crippen LogP contribution in [0.5, 0.6) is 0 Å². The van der Waals surface area contributed by atoms with Gasteiger partial charge in [0.2, 0.25) is 0 Å². The van der Waals surface area contributed by atoms with E-state index in [1.54, 1.807) is 0 Å². The highest BCUT2D eigenvalue weighted by atomic mass is 16.3. The van der Waals surface area contributed by atoms with E-state index < -0.39 is 12.2 Å². The molecule has 0 radical (unpaired) electrons. The van der Waals surface area contributed by atoms with E-state index in [-0.39, 0.29) is 0 Å². The molecule has 0 aromatic heterocycles. The van der Waals surface area contributed by atoms with Crippen LogP contribution in [0.4, 0.5) is 0 Å². The molecule has 0 spiro atoms. The van der Waals surface area contributed by atoms with E-state index in [1.807, 2.05) is 0 Å². The van der Waals surface area contributed by atoms with Crippen LogP contribution in [0.2, 0.25) is 0 Å². The fourth-order valence-corrected chi connectivity index (χ4v) is 4.01. The first-order valence-electron chi connectivity index (χ1n) is 5.13. The Kier molecular flexibility index (Phi) is 1.37. The van der Waals surface area contributed by atoms with Gasteiger partial charge in [0.1, 0.15) is 0 Å². The Labute approximate surface area is 72.6 Å². The van der Waals surface area contributed by atoms with Crippen molar-refractivity contribution in [3.8, 4) is 0 Å². The molecule has 3 rings (SSSR count). The van der Waals surface area contributed by atoms with Crippen molar-refractivity contribution in [1.82, 2.24) is 0 Å². The molecule has 3 saturated carbocycles. The van der Waals surface area contributed by atoms with Crippen molar-refractivity contribution in [3.05, 3.63) is 0 Å². The Bertz CT molecular complexity index is 202. The molecule has 3 fully saturated rings. The summed E-state index contributed by atoms with van der Waals surface area (Å²) in [6.45, 7) is 0. The summed E-state index contributed by atoms with van der Waals surface area (Å²) in [5, 5.41) is 19.3. The summed E-state index contributed by atoms with van der Waals surface area (Å²) in [6.07, 6.45) is 4.04. The summed E-state index contributed by atoms with van der Waals surface area (Å²) in [7, 11) is 0. The monoisotopic (exact) mass is 168 g/mol. The SMILES string of the molecule is O[C@H]1[C@@H]2[C@H]3CC[C@@H](C3)[C@H]2C[C@H]1O. The predicted octanol–water partition coefficient (Wildman–Crippen LogP) is 0.774. The molecule has 0 amide bonds. The third kappa shape index (κ3) is 0.728. The minimum absolute atomic E-state index is 0.398. The lowest BCUT2D eigenvalue weighted by Gasteiger charge is -2.25. The molecule has 0 aliphatic heterocycles. The van der Waals surface area contributed by atoms with Crippen LogP contribution in [0.25, 0.3) is 0 Å². The van der Waals surface area contributed by atoms with Gasteiger partial charge in [0.25, 0.3) is 0 Å². The molecule has 2 nitrogen and oxygen atoms in total. The summed E-state index contributed by atoms with van der Waals surface area (Å²) in [5.74, 6) is 2.70. The van der Waals surface area contributed by atoms with E-state index in [9.17, 15) is 10.2 Å². The second-order valence-electron chi connectivity index (χ2n) is 4.87. The second kappa shape index (κ2) is 2.24. The molecule has 0 saturated heterocycles. The molecule has 0 heterocycles. The van der Waals surface area contributed by atoms with Gasteiger partial charge in [0.15, 0.2) is 0 Å².